The Hall–Kier alpha value is -1.49. The van der Waals surface area contributed by atoms with Gasteiger partial charge in [0, 0.05) is 0 Å². The van der Waals surface area contributed by atoms with Crippen molar-refractivity contribution in [1.29, 1.82) is 0 Å². The average molecular weight is 225 g/mol. The first-order valence-corrected chi connectivity index (χ1v) is 5.38. The lowest BCUT2D eigenvalue weighted by Crippen LogP contribution is -2.42. The minimum absolute atomic E-state index is 0.0268. The van der Waals surface area contributed by atoms with Gasteiger partial charge in [0.25, 0.3) is 0 Å². The molecule has 5 heteroatoms. The SMILES string of the molecule is CCC(NC(C)c1ccc(C)o1)C(N)=NO. The molecule has 1 heterocycles. The van der Waals surface area contributed by atoms with E-state index in [9.17, 15) is 0 Å². The third-order valence-corrected chi connectivity index (χ3v) is 2.52. The number of amidine groups is 1. The maximum atomic E-state index is 8.62. The molecule has 0 fully saturated rings. The largest absolute Gasteiger partial charge is 0.465 e. The number of hydrogen-bond donors (Lipinski definition) is 3. The molecule has 1 aromatic heterocycles. The van der Waals surface area contributed by atoms with Crippen LogP contribution in [0.4, 0.5) is 0 Å². The molecular weight excluding hydrogens is 206 g/mol. The smallest absolute Gasteiger partial charge is 0.156 e. The predicted octanol–water partition coefficient (Wildman–Crippen LogP) is 1.76. The Balaban J connectivity index is 2.65. The van der Waals surface area contributed by atoms with Crippen LogP contribution in [0.5, 0.6) is 0 Å². The summed E-state index contributed by atoms with van der Waals surface area (Å²) in [4.78, 5) is 0. The minimum Gasteiger partial charge on any atom is -0.465 e. The topological polar surface area (TPSA) is 83.8 Å². The summed E-state index contributed by atoms with van der Waals surface area (Å²) >= 11 is 0. The van der Waals surface area contributed by atoms with Crippen molar-refractivity contribution in [3.8, 4) is 0 Å². The zero-order chi connectivity index (χ0) is 12.1. The van der Waals surface area contributed by atoms with Crippen LogP contribution in [0.3, 0.4) is 0 Å². The Kier molecular flexibility index (Phi) is 4.37. The molecular formula is C11H19N3O2. The van der Waals surface area contributed by atoms with E-state index in [0.29, 0.717) is 0 Å². The summed E-state index contributed by atoms with van der Waals surface area (Å²) in [6, 6.07) is 3.72. The number of furan rings is 1. The summed E-state index contributed by atoms with van der Waals surface area (Å²) in [5, 5.41) is 14.9. The van der Waals surface area contributed by atoms with Gasteiger partial charge in [-0.05, 0) is 32.4 Å². The van der Waals surface area contributed by atoms with Gasteiger partial charge in [0.2, 0.25) is 0 Å². The van der Waals surface area contributed by atoms with Gasteiger partial charge in [-0.2, -0.15) is 0 Å². The van der Waals surface area contributed by atoms with Gasteiger partial charge in [0.05, 0.1) is 12.1 Å². The maximum Gasteiger partial charge on any atom is 0.156 e. The summed E-state index contributed by atoms with van der Waals surface area (Å²) in [6.45, 7) is 5.85. The zero-order valence-corrected chi connectivity index (χ0v) is 9.90. The van der Waals surface area contributed by atoms with E-state index in [1.165, 1.54) is 0 Å². The summed E-state index contributed by atoms with van der Waals surface area (Å²) in [5.74, 6) is 1.92. The van der Waals surface area contributed by atoms with Crippen LogP contribution in [0.25, 0.3) is 0 Å². The summed E-state index contributed by atoms with van der Waals surface area (Å²) in [5.41, 5.74) is 5.57. The third kappa shape index (κ3) is 3.00. The van der Waals surface area contributed by atoms with Crippen LogP contribution in [0.1, 0.15) is 37.8 Å². The average Bonchev–Trinajstić information content (AvgIpc) is 2.71. The molecule has 0 saturated heterocycles. The Morgan fingerprint density at radius 3 is 2.75 bits per heavy atom. The Labute approximate surface area is 95.3 Å². The molecule has 0 amide bonds. The standard InChI is InChI=1S/C11H19N3O2/c1-4-9(11(12)14-15)13-8(3)10-6-5-7(2)16-10/h5-6,8-9,13,15H,4H2,1-3H3,(H2,12,14). The van der Waals surface area contributed by atoms with Gasteiger partial charge in [-0.1, -0.05) is 12.1 Å². The molecule has 1 rings (SSSR count). The Morgan fingerprint density at radius 1 is 1.62 bits per heavy atom. The van der Waals surface area contributed by atoms with Crippen LogP contribution in [0.2, 0.25) is 0 Å². The fourth-order valence-corrected chi connectivity index (χ4v) is 1.55. The number of nitrogens with one attached hydrogen (secondary N) is 1. The number of hydrogen-bond acceptors (Lipinski definition) is 4. The molecule has 5 nitrogen and oxygen atoms in total. The quantitative estimate of drug-likeness (QED) is 0.308. The van der Waals surface area contributed by atoms with Crippen LogP contribution in [0, 0.1) is 6.92 Å². The van der Waals surface area contributed by atoms with E-state index in [1.807, 2.05) is 32.9 Å². The van der Waals surface area contributed by atoms with Gasteiger partial charge in [-0.3, -0.25) is 5.32 Å². The molecule has 16 heavy (non-hydrogen) atoms. The van der Waals surface area contributed by atoms with E-state index in [4.69, 9.17) is 15.4 Å². The molecule has 0 aliphatic carbocycles. The van der Waals surface area contributed by atoms with Crippen molar-refractivity contribution in [3.05, 3.63) is 23.7 Å². The van der Waals surface area contributed by atoms with Gasteiger partial charge in [-0.25, -0.2) is 0 Å². The highest BCUT2D eigenvalue weighted by molar-refractivity contribution is 5.85. The van der Waals surface area contributed by atoms with Crippen molar-refractivity contribution in [1.82, 2.24) is 5.32 Å². The van der Waals surface area contributed by atoms with Crippen LogP contribution in [-0.2, 0) is 0 Å². The number of oxime groups is 1. The van der Waals surface area contributed by atoms with Gasteiger partial charge in [-0.15, -0.1) is 0 Å². The summed E-state index contributed by atoms with van der Waals surface area (Å²) < 4.78 is 5.50. The fraction of sp³-hybridized carbons (Fsp3) is 0.545. The van der Waals surface area contributed by atoms with Gasteiger partial charge in [0.1, 0.15) is 11.5 Å². The molecule has 1 aromatic rings. The van der Waals surface area contributed by atoms with Crippen molar-refractivity contribution >= 4 is 5.84 Å². The Morgan fingerprint density at radius 2 is 2.31 bits per heavy atom. The number of rotatable bonds is 5. The maximum absolute atomic E-state index is 8.62. The molecule has 0 aromatic carbocycles. The second-order valence-corrected chi connectivity index (χ2v) is 3.82. The zero-order valence-electron chi connectivity index (χ0n) is 9.90. The predicted molar refractivity (Wildman–Crippen MR) is 62.5 cm³/mol. The summed E-state index contributed by atoms with van der Waals surface area (Å²) in [7, 11) is 0. The van der Waals surface area contributed by atoms with E-state index in [2.05, 4.69) is 10.5 Å². The molecule has 0 bridgehead atoms. The highest BCUT2D eigenvalue weighted by atomic mass is 16.4. The molecule has 0 aliphatic rings. The molecule has 2 atom stereocenters. The fourth-order valence-electron chi connectivity index (χ4n) is 1.55. The van der Waals surface area contributed by atoms with Crippen LogP contribution in [0.15, 0.2) is 21.7 Å². The molecule has 2 unspecified atom stereocenters. The minimum atomic E-state index is -0.148. The molecule has 0 radical (unpaired) electrons. The Bertz CT molecular complexity index is 360. The number of nitrogens with two attached hydrogens (primary N) is 1. The lowest BCUT2D eigenvalue weighted by molar-refractivity contribution is 0.312. The van der Waals surface area contributed by atoms with Crippen molar-refractivity contribution in [2.45, 2.75) is 39.3 Å². The first-order valence-electron chi connectivity index (χ1n) is 5.38. The van der Waals surface area contributed by atoms with E-state index < -0.39 is 0 Å². The molecule has 0 spiro atoms. The van der Waals surface area contributed by atoms with Crippen LogP contribution < -0.4 is 11.1 Å². The van der Waals surface area contributed by atoms with Crippen LogP contribution in [-0.4, -0.2) is 17.1 Å². The van der Waals surface area contributed by atoms with Crippen molar-refractivity contribution in [2.75, 3.05) is 0 Å². The second kappa shape index (κ2) is 5.55. The molecule has 4 N–H and O–H groups in total. The normalized spacial score (nSPS) is 16.1. The van der Waals surface area contributed by atoms with Crippen molar-refractivity contribution in [3.63, 3.8) is 0 Å². The third-order valence-electron chi connectivity index (χ3n) is 2.52. The van der Waals surface area contributed by atoms with E-state index >= 15 is 0 Å². The van der Waals surface area contributed by atoms with Gasteiger partial charge in [0.15, 0.2) is 5.84 Å². The number of aryl methyl sites for hydroxylation is 1. The first-order chi connectivity index (χ1) is 7.58. The van der Waals surface area contributed by atoms with Crippen molar-refractivity contribution < 1.29 is 9.62 Å². The van der Waals surface area contributed by atoms with E-state index in [0.717, 1.165) is 17.9 Å². The van der Waals surface area contributed by atoms with Crippen molar-refractivity contribution in [2.24, 2.45) is 10.9 Å². The summed E-state index contributed by atoms with van der Waals surface area (Å²) in [6.07, 6.45) is 0.750. The van der Waals surface area contributed by atoms with Gasteiger partial charge >= 0.3 is 0 Å². The van der Waals surface area contributed by atoms with E-state index in [1.54, 1.807) is 0 Å². The highest BCUT2D eigenvalue weighted by Gasteiger charge is 2.17. The van der Waals surface area contributed by atoms with Crippen LogP contribution >= 0.6 is 0 Å². The van der Waals surface area contributed by atoms with Gasteiger partial charge < -0.3 is 15.4 Å². The lowest BCUT2D eigenvalue weighted by Gasteiger charge is -2.19. The monoisotopic (exact) mass is 225 g/mol. The number of nitrogens with zero attached hydrogens (tertiary/aromatic N) is 1. The second-order valence-electron chi connectivity index (χ2n) is 3.82. The first kappa shape index (κ1) is 12.6. The molecule has 0 aliphatic heterocycles. The van der Waals surface area contributed by atoms with E-state index in [-0.39, 0.29) is 17.9 Å². The highest BCUT2D eigenvalue weighted by Crippen LogP contribution is 2.16. The molecule has 0 saturated carbocycles. The lowest BCUT2D eigenvalue weighted by atomic mass is 10.1. The molecule has 90 valence electrons.